The molecule has 8 aromatic rings. The van der Waals surface area contributed by atoms with Crippen LogP contribution in [0.2, 0.25) is 0 Å². The van der Waals surface area contributed by atoms with Crippen LogP contribution in [-0.2, 0) is 7.05 Å². The summed E-state index contributed by atoms with van der Waals surface area (Å²) in [6.07, 6.45) is 0. The van der Waals surface area contributed by atoms with Crippen molar-refractivity contribution in [3.63, 3.8) is 0 Å². The van der Waals surface area contributed by atoms with Gasteiger partial charge in [-0.25, -0.2) is 0 Å². The summed E-state index contributed by atoms with van der Waals surface area (Å²) in [5.41, 5.74) is 11.1. The number of hydrogen-bond donors (Lipinski definition) is 0. The number of aromatic nitrogens is 2. The van der Waals surface area contributed by atoms with Crippen LogP contribution >= 0.6 is 0 Å². The average Bonchev–Trinajstić information content (AvgIpc) is 3.48. The highest BCUT2D eigenvalue weighted by Gasteiger charge is 2.16. The van der Waals surface area contributed by atoms with E-state index in [1.165, 1.54) is 71.6 Å². The van der Waals surface area contributed by atoms with Gasteiger partial charge in [0.15, 0.2) is 0 Å². The van der Waals surface area contributed by atoms with Crippen LogP contribution in [0.1, 0.15) is 0 Å². The first-order chi connectivity index (χ1) is 19.3. The van der Waals surface area contributed by atoms with E-state index >= 15 is 0 Å². The molecule has 0 aliphatic carbocycles. The van der Waals surface area contributed by atoms with Gasteiger partial charge in [0.1, 0.15) is 0 Å². The normalized spacial score (nSPS) is 11.7. The van der Waals surface area contributed by atoms with Gasteiger partial charge in [-0.2, -0.15) is 0 Å². The van der Waals surface area contributed by atoms with Gasteiger partial charge in [-0.05, 0) is 58.7 Å². The van der Waals surface area contributed by atoms with Gasteiger partial charge in [0.2, 0.25) is 0 Å². The number of hydrogen-bond acceptors (Lipinski definition) is 0. The third kappa shape index (κ3) is 3.35. The van der Waals surface area contributed by atoms with Crippen molar-refractivity contribution in [1.29, 1.82) is 0 Å². The van der Waals surface area contributed by atoms with Crippen LogP contribution in [0.15, 0.2) is 140 Å². The molecule has 0 saturated heterocycles. The van der Waals surface area contributed by atoms with Crippen molar-refractivity contribution in [3.8, 4) is 27.9 Å². The van der Waals surface area contributed by atoms with Crippen LogP contribution in [0.25, 0.3) is 71.6 Å². The van der Waals surface area contributed by atoms with E-state index in [9.17, 15) is 0 Å². The summed E-state index contributed by atoms with van der Waals surface area (Å²) in [5, 5.41) is 5.15. The molecule has 0 saturated carbocycles. The number of benzene rings is 6. The van der Waals surface area contributed by atoms with E-state index in [-0.39, 0.29) is 0 Å². The molecule has 0 atom stereocenters. The van der Waals surface area contributed by atoms with Crippen LogP contribution in [0.3, 0.4) is 0 Å². The maximum atomic E-state index is 2.41. The monoisotopic (exact) mass is 498 g/mol. The predicted molar refractivity (Wildman–Crippen MR) is 166 cm³/mol. The van der Waals surface area contributed by atoms with Gasteiger partial charge in [0.25, 0.3) is 0 Å². The summed E-state index contributed by atoms with van der Waals surface area (Å²) >= 11 is 0. The highest BCUT2D eigenvalue weighted by atomic mass is 15.0. The minimum atomic E-state index is 1.17. The average molecular weight is 499 g/mol. The van der Waals surface area contributed by atoms with E-state index in [4.69, 9.17) is 0 Å². The second-order valence-electron chi connectivity index (χ2n) is 10.3. The van der Waals surface area contributed by atoms with E-state index in [0.29, 0.717) is 0 Å². The number of fused-ring (bicyclic) bond motifs is 6. The molecule has 2 aromatic heterocycles. The summed E-state index contributed by atoms with van der Waals surface area (Å²) in [6.45, 7) is 0. The Balaban J connectivity index is 1.27. The lowest BCUT2D eigenvalue weighted by Crippen LogP contribution is -1.94. The molecule has 2 nitrogen and oxygen atoms in total. The van der Waals surface area contributed by atoms with E-state index in [2.05, 4.69) is 156 Å². The van der Waals surface area contributed by atoms with E-state index in [1.54, 1.807) is 0 Å². The quantitative estimate of drug-likeness (QED) is 0.229. The molecule has 0 bridgehead atoms. The fourth-order valence-electron chi connectivity index (χ4n) is 6.19. The van der Waals surface area contributed by atoms with E-state index < -0.39 is 0 Å². The van der Waals surface area contributed by atoms with Gasteiger partial charge in [0.05, 0.1) is 11.0 Å². The maximum Gasteiger partial charge on any atom is 0.0548 e. The molecule has 8 rings (SSSR count). The molecule has 184 valence electrons. The second kappa shape index (κ2) is 8.47. The third-order valence-electron chi connectivity index (χ3n) is 8.16. The molecule has 0 unspecified atom stereocenters. The van der Waals surface area contributed by atoms with Gasteiger partial charge < -0.3 is 9.13 Å². The SMILES string of the molecule is Cn1c2ccccc2c2cc3c(cc21)c1ccccc1n3-c1ccc(-c2ccc(-c3ccccc3)cc2)cc1. The zero-order valence-corrected chi connectivity index (χ0v) is 21.7. The molecular weight excluding hydrogens is 472 g/mol. The zero-order valence-electron chi connectivity index (χ0n) is 21.7. The van der Waals surface area contributed by atoms with Crippen LogP contribution in [0.4, 0.5) is 0 Å². The number of rotatable bonds is 3. The minimum absolute atomic E-state index is 1.17. The van der Waals surface area contributed by atoms with Crippen molar-refractivity contribution in [2.75, 3.05) is 0 Å². The molecule has 0 aliphatic heterocycles. The first-order valence-corrected chi connectivity index (χ1v) is 13.4. The Kier molecular flexibility index (Phi) is 4.77. The lowest BCUT2D eigenvalue weighted by Gasteiger charge is -2.10. The largest absolute Gasteiger partial charge is 0.344 e. The highest BCUT2D eigenvalue weighted by molar-refractivity contribution is 6.18. The van der Waals surface area contributed by atoms with E-state index in [0.717, 1.165) is 0 Å². The molecular formula is C37H26N2. The summed E-state index contributed by atoms with van der Waals surface area (Å²) in [4.78, 5) is 0. The predicted octanol–water partition coefficient (Wildman–Crippen LogP) is 9.76. The molecule has 0 aliphatic rings. The van der Waals surface area contributed by atoms with Crippen molar-refractivity contribution in [3.05, 3.63) is 140 Å². The molecule has 0 N–H and O–H groups in total. The van der Waals surface area contributed by atoms with Crippen LogP contribution < -0.4 is 0 Å². The van der Waals surface area contributed by atoms with Gasteiger partial charge in [-0.1, -0.05) is 103 Å². The molecule has 2 heterocycles. The van der Waals surface area contributed by atoms with Gasteiger partial charge in [-0.3, -0.25) is 0 Å². The van der Waals surface area contributed by atoms with Crippen molar-refractivity contribution >= 4 is 43.6 Å². The number of aryl methyl sites for hydroxylation is 1. The van der Waals surface area contributed by atoms with Crippen LogP contribution in [0, 0.1) is 0 Å². The molecule has 39 heavy (non-hydrogen) atoms. The molecule has 6 aromatic carbocycles. The Morgan fingerprint density at radius 3 is 1.49 bits per heavy atom. The third-order valence-corrected chi connectivity index (χ3v) is 8.16. The fraction of sp³-hybridized carbons (Fsp3) is 0.0270. The molecule has 0 amide bonds. The van der Waals surface area contributed by atoms with Crippen molar-refractivity contribution < 1.29 is 0 Å². The van der Waals surface area contributed by atoms with E-state index in [1.807, 2.05) is 0 Å². The fourth-order valence-corrected chi connectivity index (χ4v) is 6.19. The topological polar surface area (TPSA) is 9.86 Å². The Labute approximate surface area is 227 Å². The molecule has 2 heteroatoms. The zero-order chi connectivity index (χ0) is 25.9. The van der Waals surface area contributed by atoms with Crippen LogP contribution in [-0.4, -0.2) is 9.13 Å². The number of para-hydroxylation sites is 2. The van der Waals surface area contributed by atoms with Crippen LogP contribution in [0.5, 0.6) is 0 Å². The number of nitrogens with zero attached hydrogens (tertiary/aromatic N) is 2. The Bertz CT molecular complexity index is 2140. The lowest BCUT2D eigenvalue weighted by atomic mass is 10.0. The molecule has 0 radical (unpaired) electrons. The van der Waals surface area contributed by atoms with Gasteiger partial charge in [-0.15, -0.1) is 0 Å². The molecule has 0 spiro atoms. The van der Waals surface area contributed by atoms with Crippen molar-refractivity contribution in [2.45, 2.75) is 0 Å². The second-order valence-corrected chi connectivity index (χ2v) is 10.3. The Morgan fingerprint density at radius 2 is 0.821 bits per heavy atom. The highest BCUT2D eigenvalue weighted by Crippen LogP contribution is 2.38. The Morgan fingerprint density at radius 1 is 0.359 bits per heavy atom. The summed E-state index contributed by atoms with van der Waals surface area (Å²) in [6, 6.07) is 50.5. The van der Waals surface area contributed by atoms with Crippen molar-refractivity contribution in [2.24, 2.45) is 7.05 Å². The summed E-state index contributed by atoms with van der Waals surface area (Å²) < 4.78 is 4.72. The van der Waals surface area contributed by atoms with Gasteiger partial charge in [0, 0.05) is 45.3 Å². The summed E-state index contributed by atoms with van der Waals surface area (Å²) in [5.74, 6) is 0. The first kappa shape index (κ1) is 22.0. The minimum Gasteiger partial charge on any atom is -0.344 e. The molecule has 0 fully saturated rings. The first-order valence-electron chi connectivity index (χ1n) is 13.4. The standard InChI is InChI=1S/C37H26N2/c1-38-34-13-7-5-11-30(34)32-24-37-33(23-36(32)38)31-12-6-8-14-35(31)39(37)29-21-19-28(20-22-29)27-17-15-26(16-18-27)25-9-3-2-4-10-25/h2-24H,1H3. The lowest BCUT2D eigenvalue weighted by molar-refractivity contribution is 1.02. The van der Waals surface area contributed by atoms with Crippen molar-refractivity contribution in [1.82, 2.24) is 9.13 Å². The maximum absolute atomic E-state index is 2.41. The summed E-state index contributed by atoms with van der Waals surface area (Å²) in [7, 11) is 2.17. The smallest absolute Gasteiger partial charge is 0.0548 e. The van der Waals surface area contributed by atoms with Gasteiger partial charge >= 0.3 is 0 Å². The Hall–Kier alpha value is -5.08.